The first-order valence-corrected chi connectivity index (χ1v) is 11.1. The Balaban J connectivity index is 1.59. The Hall–Kier alpha value is -3.92. The second-order valence-corrected chi connectivity index (χ2v) is 8.31. The van der Waals surface area contributed by atoms with Crippen LogP contribution in [0.1, 0.15) is 18.5 Å². The standard InChI is InChI=1S/C24H24FN7O2/c1-15-11-16(7-8-26-15)22-21(25)24(28-17-5-4-9-31(13-17)20(34)14-33)30-23(29-22)18-12-27-32-10-3-2-6-19(18)32/h2-3,6-8,10-12,17,33H,4-5,9,13-14H2,1H3,(H,28,29,30)/t17-/m1/s1. The lowest BCUT2D eigenvalue weighted by Gasteiger charge is -2.33. The van der Waals surface area contributed by atoms with Gasteiger partial charge in [-0.15, -0.1) is 0 Å². The summed E-state index contributed by atoms with van der Waals surface area (Å²) in [6, 6.07) is 8.94. The topological polar surface area (TPSA) is 109 Å². The molecule has 10 heteroatoms. The number of hydrogen-bond donors (Lipinski definition) is 2. The zero-order valence-corrected chi connectivity index (χ0v) is 18.6. The van der Waals surface area contributed by atoms with Crippen molar-refractivity contribution in [2.45, 2.75) is 25.8 Å². The molecule has 0 radical (unpaired) electrons. The van der Waals surface area contributed by atoms with Gasteiger partial charge in [0, 0.05) is 42.8 Å². The van der Waals surface area contributed by atoms with E-state index in [0.29, 0.717) is 30.0 Å². The number of aliphatic hydroxyl groups is 1. The van der Waals surface area contributed by atoms with Crippen molar-refractivity contribution in [1.82, 2.24) is 29.5 Å². The van der Waals surface area contributed by atoms with E-state index in [9.17, 15) is 9.90 Å². The van der Waals surface area contributed by atoms with E-state index in [1.807, 2.05) is 31.3 Å². The lowest BCUT2D eigenvalue weighted by molar-refractivity contribution is -0.135. The Bertz CT molecular complexity index is 1360. The summed E-state index contributed by atoms with van der Waals surface area (Å²) in [4.78, 5) is 26.9. The van der Waals surface area contributed by atoms with Crippen LogP contribution in [-0.2, 0) is 4.79 Å². The van der Waals surface area contributed by atoms with Crippen LogP contribution in [0.5, 0.6) is 0 Å². The molecule has 0 bridgehead atoms. The van der Waals surface area contributed by atoms with Crippen LogP contribution in [0.3, 0.4) is 0 Å². The monoisotopic (exact) mass is 461 g/mol. The zero-order chi connectivity index (χ0) is 23.7. The minimum atomic E-state index is -0.573. The number of aromatic nitrogens is 5. The number of rotatable bonds is 5. The molecule has 1 aliphatic heterocycles. The van der Waals surface area contributed by atoms with Crippen molar-refractivity contribution in [2.75, 3.05) is 25.0 Å². The van der Waals surface area contributed by atoms with Gasteiger partial charge in [0.2, 0.25) is 5.91 Å². The van der Waals surface area contributed by atoms with Gasteiger partial charge in [-0.2, -0.15) is 5.10 Å². The third-order valence-electron chi connectivity index (χ3n) is 5.94. The van der Waals surface area contributed by atoms with Crippen molar-refractivity contribution in [3.63, 3.8) is 0 Å². The van der Waals surface area contributed by atoms with Crippen molar-refractivity contribution < 1.29 is 14.3 Å². The van der Waals surface area contributed by atoms with Gasteiger partial charge in [-0.25, -0.2) is 18.9 Å². The number of aryl methyl sites for hydroxylation is 1. The molecule has 0 aromatic carbocycles. The SMILES string of the molecule is Cc1cc(-c2nc(-c3cnn4ccccc34)nc(N[C@@H]3CCCN(C(=O)CO)C3)c2F)ccn1. The van der Waals surface area contributed by atoms with Gasteiger partial charge in [0.1, 0.15) is 12.3 Å². The van der Waals surface area contributed by atoms with Crippen LogP contribution in [0.2, 0.25) is 0 Å². The number of carbonyl (C=O) groups excluding carboxylic acids is 1. The summed E-state index contributed by atoms with van der Waals surface area (Å²) >= 11 is 0. The second kappa shape index (κ2) is 9.14. The van der Waals surface area contributed by atoms with Gasteiger partial charge in [-0.05, 0) is 44.0 Å². The Kier molecular flexibility index (Phi) is 5.89. The van der Waals surface area contributed by atoms with Gasteiger partial charge in [-0.3, -0.25) is 9.78 Å². The number of nitrogens with zero attached hydrogens (tertiary/aromatic N) is 6. The number of likely N-dealkylation sites (tertiary alicyclic amines) is 1. The van der Waals surface area contributed by atoms with Gasteiger partial charge in [0.25, 0.3) is 0 Å². The van der Waals surface area contributed by atoms with Crippen LogP contribution in [0, 0.1) is 12.7 Å². The number of pyridine rings is 2. The maximum atomic E-state index is 15.8. The van der Waals surface area contributed by atoms with E-state index in [0.717, 1.165) is 24.1 Å². The lowest BCUT2D eigenvalue weighted by atomic mass is 10.1. The first kappa shape index (κ1) is 21.9. The van der Waals surface area contributed by atoms with Crippen molar-refractivity contribution in [3.05, 3.63) is 60.4 Å². The minimum absolute atomic E-state index is 0.0630. The summed E-state index contributed by atoms with van der Waals surface area (Å²) in [5.74, 6) is -0.507. The molecule has 1 atom stereocenters. The summed E-state index contributed by atoms with van der Waals surface area (Å²) < 4.78 is 17.5. The largest absolute Gasteiger partial charge is 0.387 e. The summed E-state index contributed by atoms with van der Waals surface area (Å²) in [5.41, 5.74) is 2.97. The maximum absolute atomic E-state index is 15.8. The molecule has 34 heavy (non-hydrogen) atoms. The molecule has 0 saturated carbocycles. The average molecular weight is 462 g/mol. The predicted octanol–water partition coefficient (Wildman–Crippen LogP) is 2.70. The van der Waals surface area contributed by atoms with Crippen LogP contribution < -0.4 is 5.32 Å². The van der Waals surface area contributed by atoms with Crippen LogP contribution in [0.25, 0.3) is 28.2 Å². The van der Waals surface area contributed by atoms with Crippen LogP contribution in [0.15, 0.2) is 48.9 Å². The molecular weight excluding hydrogens is 437 g/mol. The molecule has 0 unspecified atom stereocenters. The van der Waals surface area contributed by atoms with E-state index in [-0.39, 0.29) is 23.5 Å². The van der Waals surface area contributed by atoms with Crippen LogP contribution in [0.4, 0.5) is 10.2 Å². The predicted molar refractivity (Wildman–Crippen MR) is 124 cm³/mol. The first-order valence-electron chi connectivity index (χ1n) is 11.1. The molecule has 0 spiro atoms. The maximum Gasteiger partial charge on any atom is 0.248 e. The second-order valence-electron chi connectivity index (χ2n) is 8.31. The summed E-state index contributed by atoms with van der Waals surface area (Å²) in [7, 11) is 0. The Morgan fingerprint density at radius 1 is 1.29 bits per heavy atom. The molecule has 5 heterocycles. The number of anilines is 1. The summed E-state index contributed by atoms with van der Waals surface area (Å²) in [5, 5.41) is 16.8. The number of aliphatic hydroxyl groups excluding tert-OH is 1. The van der Waals surface area contributed by atoms with Gasteiger partial charge >= 0.3 is 0 Å². The molecule has 1 amide bonds. The zero-order valence-electron chi connectivity index (χ0n) is 18.6. The van der Waals surface area contributed by atoms with E-state index in [1.54, 1.807) is 33.9 Å². The average Bonchev–Trinajstić information content (AvgIpc) is 3.29. The first-order chi connectivity index (χ1) is 16.5. The van der Waals surface area contributed by atoms with E-state index in [2.05, 4.69) is 25.4 Å². The fraction of sp³-hybridized carbons (Fsp3) is 0.292. The molecule has 1 aliphatic rings. The van der Waals surface area contributed by atoms with Crippen molar-refractivity contribution >= 4 is 17.2 Å². The normalized spacial score (nSPS) is 16.1. The van der Waals surface area contributed by atoms with Gasteiger partial charge in [-0.1, -0.05) is 6.07 Å². The van der Waals surface area contributed by atoms with Gasteiger partial charge < -0.3 is 15.3 Å². The number of fused-ring (bicyclic) bond motifs is 1. The Morgan fingerprint density at radius 2 is 2.18 bits per heavy atom. The smallest absolute Gasteiger partial charge is 0.248 e. The van der Waals surface area contributed by atoms with E-state index in [1.165, 1.54) is 0 Å². The molecule has 1 saturated heterocycles. The highest BCUT2D eigenvalue weighted by Crippen LogP contribution is 2.31. The quantitative estimate of drug-likeness (QED) is 0.470. The summed E-state index contributed by atoms with van der Waals surface area (Å²) in [6.07, 6.45) is 6.59. The molecule has 4 aromatic rings. The van der Waals surface area contributed by atoms with E-state index in [4.69, 9.17) is 0 Å². The molecule has 2 N–H and O–H groups in total. The van der Waals surface area contributed by atoms with E-state index < -0.39 is 12.4 Å². The highest BCUT2D eigenvalue weighted by Gasteiger charge is 2.26. The molecule has 1 fully saturated rings. The Morgan fingerprint density at radius 3 is 3.00 bits per heavy atom. The summed E-state index contributed by atoms with van der Waals surface area (Å²) in [6.45, 7) is 2.22. The third kappa shape index (κ3) is 4.19. The van der Waals surface area contributed by atoms with Crippen molar-refractivity contribution in [3.8, 4) is 22.6 Å². The highest BCUT2D eigenvalue weighted by atomic mass is 19.1. The number of piperidine rings is 1. The fourth-order valence-corrected chi connectivity index (χ4v) is 4.27. The van der Waals surface area contributed by atoms with Crippen LogP contribution in [-0.4, -0.2) is 66.2 Å². The number of halogens is 1. The molecule has 9 nitrogen and oxygen atoms in total. The van der Waals surface area contributed by atoms with Crippen molar-refractivity contribution in [2.24, 2.45) is 0 Å². The van der Waals surface area contributed by atoms with Crippen LogP contribution >= 0.6 is 0 Å². The highest BCUT2D eigenvalue weighted by molar-refractivity contribution is 5.79. The number of hydrogen-bond acceptors (Lipinski definition) is 7. The van der Waals surface area contributed by atoms with Crippen molar-refractivity contribution in [1.29, 1.82) is 0 Å². The molecule has 5 rings (SSSR count). The lowest BCUT2D eigenvalue weighted by Crippen LogP contribution is -2.46. The number of amides is 1. The molecular formula is C24H24FN7O2. The minimum Gasteiger partial charge on any atom is -0.387 e. The Labute approximate surface area is 195 Å². The molecule has 0 aliphatic carbocycles. The number of nitrogens with one attached hydrogen (secondary N) is 1. The molecule has 4 aromatic heterocycles. The third-order valence-corrected chi connectivity index (χ3v) is 5.94. The molecule has 174 valence electrons. The van der Waals surface area contributed by atoms with Gasteiger partial charge in [0.05, 0.1) is 17.3 Å². The van der Waals surface area contributed by atoms with Gasteiger partial charge in [0.15, 0.2) is 17.5 Å². The van der Waals surface area contributed by atoms with E-state index >= 15 is 4.39 Å². The number of carbonyl (C=O) groups is 1. The fourth-order valence-electron chi connectivity index (χ4n) is 4.27.